The summed E-state index contributed by atoms with van der Waals surface area (Å²) in [6.07, 6.45) is 2.39. The van der Waals surface area contributed by atoms with Gasteiger partial charge in [-0.3, -0.25) is 24.6 Å². The number of nitrogens with one attached hydrogen (secondary N) is 3. The fraction of sp³-hybridized carbons (Fsp3) is 0.347. The Kier molecular flexibility index (Phi) is 13.1. The second kappa shape index (κ2) is 19.0. The highest BCUT2D eigenvalue weighted by molar-refractivity contribution is 7.88. The van der Waals surface area contributed by atoms with Crippen LogP contribution in [0, 0.1) is 5.82 Å². The Morgan fingerprint density at radius 1 is 0.957 bits per heavy atom. The minimum absolute atomic E-state index is 0.0240. The number of aromatic carboxylic acids is 1. The van der Waals surface area contributed by atoms with Gasteiger partial charge in [0.1, 0.15) is 16.9 Å². The lowest BCUT2D eigenvalue weighted by Gasteiger charge is -2.45. The molecule has 3 saturated heterocycles. The van der Waals surface area contributed by atoms with E-state index >= 15 is 4.39 Å². The molecule has 17 nitrogen and oxygen atoms in total. The van der Waals surface area contributed by atoms with Crippen molar-refractivity contribution in [1.29, 1.82) is 0 Å². The first-order chi connectivity index (χ1) is 33.3. The number of carbonyl (C=O) groups is 6. The predicted molar refractivity (Wildman–Crippen MR) is 261 cm³/mol. The first kappa shape index (κ1) is 48.4. The third-order valence-electron chi connectivity index (χ3n) is 13.4. The van der Waals surface area contributed by atoms with Crippen LogP contribution in [-0.4, -0.2) is 107 Å². The fourth-order valence-corrected chi connectivity index (χ4v) is 13.6. The number of carbonyl (C=O) groups excluding carboxylic acids is 4. The summed E-state index contributed by atoms with van der Waals surface area (Å²) in [5.74, 6) is -5.11. The van der Waals surface area contributed by atoms with Crippen LogP contribution in [0.1, 0.15) is 89.4 Å². The van der Waals surface area contributed by atoms with Gasteiger partial charge in [0.05, 0.1) is 22.0 Å². The van der Waals surface area contributed by atoms with Crippen molar-refractivity contribution in [2.24, 2.45) is 0 Å². The minimum atomic E-state index is -3.95. The zero-order valence-electron chi connectivity index (χ0n) is 37.9. The quantitative estimate of drug-likeness (QED) is 0.0709. The molecule has 1 unspecified atom stereocenters. The second-order valence-electron chi connectivity index (χ2n) is 18.5. The van der Waals surface area contributed by atoms with Crippen molar-refractivity contribution >= 4 is 96.5 Å². The molecule has 366 valence electrons. The van der Waals surface area contributed by atoms with Gasteiger partial charge in [0.15, 0.2) is 17.2 Å². The topological polar surface area (TPSA) is 232 Å². The molecule has 0 radical (unpaired) electrons. The SMILES string of the molecule is CC1(C)C[C@@H](Nc2cccc(-c3sc(C(=O)O)c(OCC(=O)O)c3Cl)c2)CCN1S(=O)(=O)Cc1ccc(F)c(NC(=O)N2CCC(c3ccc4c5c(cccc35)C(=O)N4C3CCC(=O)NC3=O)CC2)c1. The maximum absolute atomic E-state index is 15.3. The molecular formula is C49H48ClFN6O11S2. The van der Waals surface area contributed by atoms with Crippen LogP contribution in [0.2, 0.25) is 5.02 Å². The Hall–Kier alpha value is -6.61. The molecule has 5 aromatic rings. The third kappa shape index (κ3) is 9.39. The molecule has 21 heteroatoms. The molecule has 0 spiro atoms. The van der Waals surface area contributed by atoms with Crippen LogP contribution < -0.4 is 25.6 Å². The number of rotatable bonds is 13. The van der Waals surface area contributed by atoms with Gasteiger partial charge in [-0.15, -0.1) is 11.3 Å². The molecule has 3 fully saturated rings. The molecule has 4 aliphatic heterocycles. The summed E-state index contributed by atoms with van der Waals surface area (Å²) in [5.41, 5.74) is 2.66. The van der Waals surface area contributed by atoms with E-state index in [1.165, 1.54) is 21.3 Å². The van der Waals surface area contributed by atoms with Gasteiger partial charge in [-0.25, -0.2) is 27.2 Å². The Labute approximate surface area is 410 Å². The van der Waals surface area contributed by atoms with Crippen LogP contribution in [0.3, 0.4) is 0 Å². The summed E-state index contributed by atoms with van der Waals surface area (Å²) in [6.45, 7) is 3.77. The highest BCUT2D eigenvalue weighted by Crippen LogP contribution is 2.47. The zero-order chi connectivity index (χ0) is 49.8. The summed E-state index contributed by atoms with van der Waals surface area (Å²) >= 11 is 7.37. The normalized spacial score (nSPS) is 19.6. The number of amides is 5. The largest absolute Gasteiger partial charge is 0.479 e. The lowest BCUT2D eigenvalue weighted by molar-refractivity contribution is -0.139. The Balaban J connectivity index is 0.816. The van der Waals surface area contributed by atoms with E-state index < -0.39 is 63.7 Å². The van der Waals surface area contributed by atoms with E-state index in [1.807, 2.05) is 44.2 Å². The van der Waals surface area contributed by atoms with Crippen molar-refractivity contribution in [3.8, 4) is 16.2 Å². The summed E-state index contributed by atoms with van der Waals surface area (Å²) in [6, 6.07) is 18.8. The molecular weight excluding hydrogens is 967 g/mol. The standard InChI is InChI=1S/C49H48ClFN6O11S2/c1-49(2)23-30(52-29-6-3-5-28(22-29)43-41(50)42(68-24-39(59)60)44(69-43)47(63)64)17-20-56(49)70(66,67)25-26-9-11-34(51)35(21-26)53-48(65)55-18-15-27(16-19-55)31-10-12-36-40-32(31)7-4-8-33(40)46(62)57(36)37-13-14-38(58)54-45(37)61/h3-12,21-22,27,30,37,52H,13-20,23-25H2,1-2H3,(H,53,65)(H,59,60)(H,63,64)(H,54,58,61)/t30-,37?/m0/s1. The number of urea groups is 1. The van der Waals surface area contributed by atoms with Gasteiger partial charge in [0.25, 0.3) is 5.91 Å². The smallest absolute Gasteiger partial charge is 0.349 e. The zero-order valence-corrected chi connectivity index (χ0v) is 40.3. The number of thiophene rings is 1. The van der Waals surface area contributed by atoms with Gasteiger partial charge in [0, 0.05) is 54.3 Å². The molecule has 5 amide bonds. The van der Waals surface area contributed by atoms with E-state index in [9.17, 15) is 42.3 Å². The van der Waals surface area contributed by atoms with Crippen molar-refractivity contribution in [2.45, 2.75) is 81.7 Å². The molecule has 5 N–H and O–H groups in total. The average molecular weight is 1020 g/mol. The number of carboxylic acids is 2. The van der Waals surface area contributed by atoms with Crippen LogP contribution in [-0.2, 0) is 30.2 Å². The van der Waals surface area contributed by atoms with E-state index in [2.05, 4.69) is 16.0 Å². The van der Waals surface area contributed by atoms with Gasteiger partial charge >= 0.3 is 18.0 Å². The highest BCUT2D eigenvalue weighted by atomic mass is 35.5. The monoisotopic (exact) mass is 1010 g/mol. The van der Waals surface area contributed by atoms with E-state index in [-0.39, 0.29) is 64.5 Å². The predicted octanol–water partition coefficient (Wildman–Crippen LogP) is 7.88. The van der Waals surface area contributed by atoms with Crippen LogP contribution >= 0.6 is 22.9 Å². The van der Waals surface area contributed by atoms with E-state index in [1.54, 1.807) is 29.2 Å². The number of hydrogen-bond acceptors (Lipinski definition) is 11. The highest BCUT2D eigenvalue weighted by Gasteiger charge is 2.43. The first-order valence-electron chi connectivity index (χ1n) is 22.6. The molecule has 4 aliphatic rings. The Morgan fingerprint density at radius 2 is 1.71 bits per heavy atom. The van der Waals surface area contributed by atoms with Crippen molar-refractivity contribution in [3.63, 3.8) is 0 Å². The summed E-state index contributed by atoms with van der Waals surface area (Å²) in [7, 11) is -3.95. The minimum Gasteiger partial charge on any atom is -0.479 e. The number of imide groups is 1. The lowest BCUT2D eigenvalue weighted by Crippen LogP contribution is -2.55. The molecule has 4 aromatic carbocycles. The van der Waals surface area contributed by atoms with Crippen molar-refractivity contribution in [3.05, 3.63) is 105 Å². The first-order valence-corrected chi connectivity index (χ1v) is 25.4. The van der Waals surface area contributed by atoms with Crippen molar-refractivity contribution in [2.75, 3.05) is 41.8 Å². The van der Waals surface area contributed by atoms with E-state index in [0.717, 1.165) is 33.7 Å². The van der Waals surface area contributed by atoms with Gasteiger partial charge < -0.3 is 30.5 Å². The van der Waals surface area contributed by atoms with E-state index in [4.69, 9.17) is 21.4 Å². The fourth-order valence-electron chi connectivity index (χ4n) is 10.2. The van der Waals surface area contributed by atoms with E-state index in [0.29, 0.717) is 71.7 Å². The maximum Gasteiger partial charge on any atom is 0.349 e. The van der Waals surface area contributed by atoms with Crippen LogP contribution in [0.5, 0.6) is 5.75 Å². The molecule has 1 aromatic heterocycles. The number of piperidine rings is 3. The third-order valence-corrected chi connectivity index (χ3v) is 17.1. The number of ether oxygens (including phenoxy) is 1. The number of aliphatic carboxylic acids is 1. The second-order valence-corrected chi connectivity index (χ2v) is 21.8. The van der Waals surface area contributed by atoms with Crippen LogP contribution in [0.4, 0.5) is 26.2 Å². The van der Waals surface area contributed by atoms with Crippen LogP contribution in [0.15, 0.2) is 72.8 Å². The Morgan fingerprint density at radius 3 is 2.43 bits per heavy atom. The number of sulfonamides is 1. The molecule has 2 atom stereocenters. The maximum atomic E-state index is 15.3. The van der Waals surface area contributed by atoms with Gasteiger partial charge in [-0.05, 0) is 110 Å². The number of benzene rings is 4. The number of anilines is 3. The summed E-state index contributed by atoms with van der Waals surface area (Å²) in [5, 5.41) is 28.9. The van der Waals surface area contributed by atoms with Gasteiger partial charge in [0.2, 0.25) is 21.8 Å². The molecule has 9 rings (SSSR count). The Bertz CT molecular complexity index is 3120. The number of carboxylic acid groups (broad SMARTS) is 2. The van der Waals surface area contributed by atoms with Crippen molar-refractivity contribution < 1.29 is 56.5 Å². The lowest BCUT2D eigenvalue weighted by atomic mass is 9.85. The molecule has 0 aliphatic carbocycles. The number of nitrogens with zero attached hydrogens (tertiary/aromatic N) is 3. The molecule has 0 bridgehead atoms. The number of halogens is 2. The van der Waals surface area contributed by atoms with Gasteiger partial charge in [-0.2, -0.15) is 4.31 Å². The average Bonchev–Trinajstić information content (AvgIpc) is 3.79. The summed E-state index contributed by atoms with van der Waals surface area (Å²) in [4.78, 5) is 78.1. The van der Waals surface area contributed by atoms with Crippen LogP contribution in [0.25, 0.3) is 21.2 Å². The number of hydrogen-bond donors (Lipinski definition) is 5. The molecule has 70 heavy (non-hydrogen) atoms. The molecule has 0 saturated carbocycles. The van der Waals surface area contributed by atoms with Gasteiger partial charge in [-0.1, -0.05) is 48.0 Å². The number of likely N-dealkylation sites (tertiary alicyclic amines) is 1. The molecule has 5 heterocycles. The van der Waals surface area contributed by atoms with Crippen molar-refractivity contribution in [1.82, 2.24) is 14.5 Å². The summed E-state index contributed by atoms with van der Waals surface area (Å²) < 4.78 is 50.1.